The Balaban J connectivity index is 2.59. The summed E-state index contributed by atoms with van der Waals surface area (Å²) >= 11 is 1.47. The van der Waals surface area contributed by atoms with Crippen molar-refractivity contribution in [3.8, 4) is 0 Å². The van der Waals surface area contributed by atoms with Crippen LogP contribution in [0.25, 0.3) is 0 Å². The van der Waals surface area contributed by atoms with Crippen molar-refractivity contribution < 1.29 is 10.0 Å². The van der Waals surface area contributed by atoms with E-state index in [-0.39, 0.29) is 11.2 Å². The van der Waals surface area contributed by atoms with E-state index in [2.05, 4.69) is 5.16 Å². The predicted molar refractivity (Wildman–Crippen MR) is 64.8 cm³/mol. The van der Waals surface area contributed by atoms with Gasteiger partial charge in [-0.2, -0.15) is 0 Å². The minimum Gasteiger partial charge on any atom is -0.410 e. The molecule has 0 saturated heterocycles. The topological polar surface area (TPSA) is 52.9 Å². The van der Waals surface area contributed by atoms with Gasteiger partial charge in [0.25, 0.3) is 0 Å². The standard InChI is InChI=1S/C11H14N2O2S/c1-9(11(14)13(2)8-12-15)16-10-6-4-3-5-7-10/h3-9,15H,1-2H3. The van der Waals surface area contributed by atoms with Crippen LogP contribution >= 0.6 is 11.8 Å². The summed E-state index contributed by atoms with van der Waals surface area (Å²) in [6.45, 7) is 1.82. The highest BCUT2D eigenvalue weighted by Gasteiger charge is 2.17. The molecule has 0 spiro atoms. The Bertz CT molecular complexity index is 368. The van der Waals surface area contributed by atoms with Crippen molar-refractivity contribution in [1.82, 2.24) is 4.90 Å². The van der Waals surface area contributed by atoms with Gasteiger partial charge in [-0.25, -0.2) is 0 Å². The molecule has 86 valence electrons. The van der Waals surface area contributed by atoms with Gasteiger partial charge in [-0.1, -0.05) is 23.4 Å². The first-order valence-corrected chi connectivity index (χ1v) is 5.69. The average Bonchev–Trinajstić information content (AvgIpc) is 2.29. The first-order chi connectivity index (χ1) is 7.65. The minimum atomic E-state index is -0.217. The number of carbonyl (C=O) groups excluding carboxylic acids is 1. The largest absolute Gasteiger partial charge is 0.410 e. The fourth-order valence-corrected chi connectivity index (χ4v) is 2.16. The first-order valence-electron chi connectivity index (χ1n) is 4.81. The van der Waals surface area contributed by atoms with Gasteiger partial charge in [-0.05, 0) is 19.1 Å². The third-order valence-electron chi connectivity index (χ3n) is 1.98. The highest BCUT2D eigenvalue weighted by molar-refractivity contribution is 8.00. The number of nitrogens with zero attached hydrogens (tertiary/aromatic N) is 2. The number of hydrogen-bond donors (Lipinski definition) is 1. The molecule has 0 aliphatic rings. The number of amides is 1. The van der Waals surface area contributed by atoms with Crippen LogP contribution in [0.15, 0.2) is 40.4 Å². The summed E-state index contributed by atoms with van der Waals surface area (Å²) in [7, 11) is 1.56. The summed E-state index contributed by atoms with van der Waals surface area (Å²) in [5.41, 5.74) is 0. The Hall–Kier alpha value is -1.49. The van der Waals surface area contributed by atoms with Gasteiger partial charge in [0.05, 0.1) is 5.25 Å². The van der Waals surface area contributed by atoms with E-state index in [0.717, 1.165) is 11.2 Å². The zero-order valence-corrected chi connectivity index (χ0v) is 10.0. The summed E-state index contributed by atoms with van der Waals surface area (Å²) in [6, 6.07) is 9.70. The highest BCUT2D eigenvalue weighted by Crippen LogP contribution is 2.23. The smallest absolute Gasteiger partial charge is 0.240 e. The van der Waals surface area contributed by atoms with E-state index in [9.17, 15) is 4.79 Å². The minimum absolute atomic E-state index is 0.105. The van der Waals surface area contributed by atoms with Crippen LogP contribution in [0.1, 0.15) is 6.92 Å². The Morgan fingerprint density at radius 2 is 2.12 bits per heavy atom. The van der Waals surface area contributed by atoms with Crippen LogP contribution in [-0.4, -0.2) is 34.7 Å². The van der Waals surface area contributed by atoms with Gasteiger partial charge < -0.3 is 10.1 Å². The van der Waals surface area contributed by atoms with Crippen LogP contribution < -0.4 is 0 Å². The van der Waals surface area contributed by atoms with E-state index in [1.165, 1.54) is 16.7 Å². The molecule has 0 heterocycles. The molecule has 1 amide bonds. The molecule has 0 radical (unpaired) electrons. The number of benzene rings is 1. The molecule has 1 aromatic carbocycles. The van der Waals surface area contributed by atoms with Crippen molar-refractivity contribution >= 4 is 24.0 Å². The third kappa shape index (κ3) is 3.58. The molecule has 4 nitrogen and oxygen atoms in total. The summed E-state index contributed by atoms with van der Waals surface area (Å²) in [6.07, 6.45) is 1.09. The first kappa shape index (κ1) is 12.6. The summed E-state index contributed by atoms with van der Waals surface area (Å²) in [5, 5.41) is 10.9. The molecule has 0 bridgehead atoms. The Labute approximate surface area is 98.9 Å². The molecule has 5 heteroatoms. The van der Waals surface area contributed by atoms with E-state index in [1.807, 2.05) is 37.3 Å². The molecule has 1 rings (SSSR count). The molecule has 1 N–H and O–H groups in total. The van der Waals surface area contributed by atoms with Gasteiger partial charge in [-0.3, -0.25) is 4.79 Å². The van der Waals surface area contributed by atoms with E-state index in [0.29, 0.717) is 0 Å². The maximum Gasteiger partial charge on any atom is 0.240 e. The van der Waals surface area contributed by atoms with E-state index < -0.39 is 0 Å². The Kier molecular flexibility index (Phi) is 4.85. The molecule has 0 aliphatic carbocycles. The van der Waals surface area contributed by atoms with Gasteiger partial charge in [0.15, 0.2) is 0 Å². The van der Waals surface area contributed by atoms with Crippen LogP contribution in [0.4, 0.5) is 0 Å². The lowest BCUT2D eigenvalue weighted by Gasteiger charge is -2.15. The van der Waals surface area contributed by atoms with E-state index in [4.69, 9.17) is 5.21 Å². The molecular formula is C11H14N2O2S. The molecular weight excluding hydrogens is 224 g/mol. The fourth-order valence-electron chi connectivity index (χ4n) is 1.17. The lowest BCUT2D eigenvalue weighted by Crippen LogP contribution is -2.32. The van der Waals surface area contributed by atoms with Crippen molar-refractivity contribution in [2.24, 2.45) is 5.16 Å². The quantitative estimate of drug-likeness (QED) is 0.287. The monoisotopic (exact) mass is 238 g/mol. The number of rotatable bonds is 4. The molecule has 0 fully saturated rings. The van der Waals surface area contributed by atoms with Gasteiger partial charge in [0, 0.05) is 11.9 Å². The number of thioether (sulfide) groups is 1. The second kappa shape index (κ2) is 6.17. The summed E-state index contributed by atoms with van der Waals surface area (Å²) < 4.78 is 0. The number of hydrogen-bond acceptors (Lipinski definition) is 4. The van der Waals surface area contributed by atoms with Crippen LogP contribution in [-0.2, 0) is 4.79 Å². The van der Waals surface area contributed by atoms with Gasteiger partial charge in [0.2, 0.25) is 5.91 Å². The molecule has 0 aliphatic heterocycles. The van der Waals surface area contributed by atoms with Crippen molar-refractivity contribution in [1.29, 1.82) is 0 Å². The lowest BCUT2D eigenvalue weighted by atomic mass is 10.4. The fraction of sp³-hybridized carbons (Fsp3) is 0.273. The van der Waals surface area contributed by atoms with Crippen LogP contribution in [0, 0.1) is 0 Å². The van der Waals surface area contributed by atoms with E-state index in [1.54, 1.807) is 7.05 Å². The second-order valence-corrected chi connectivity index (χ2v) is 4.67. The molecule has 0 saturated carbocycles. The van der Waals surface area contributed by atoms with Gasteiger partial charge in [-0.15, -0.1) is 11.8 Å². The number of oxime groups is 1. The highest BCUT2D eigenvalue weighted by atomic mass is 32.2. The van der Waals surface area contributed by atoms with Crippen molar-refractivity contribution in [3.05, 3.63) is 30.3 Å². The summed E-state index contributed by atoms with van der Waals surface area (Å²) in [5.74, 6) is -0.105. The zero-order chi connectivity index (χ0) is 12.0. The van der Waals surface area contributed by atoms with Crippen molar-refractivity contribution in [2.45, 2.75) is 17.1 Å². The molecule has 0 aromatic heterocycles. The lowest BCUT2D eigenvalue weighted by molar-refractivity contribution is -0.125. The van der Waals surface area contributed by atoms with E-state index >= 15 is 0 Å². The molecule has 16 heavy (non-hydrogen) atoms. The normalized spacial score (nSPS) is 12.6. The third-order valence-corrected chi connectivity index (χ3v) is 3.08. The predicted octanol–water partition coefficient (Wildman–Crippen LogP) is 2.04. The van der Waals surface area contributed by atoms with Crippen LogP contribution in [0.3, 0.4) is 0 Å². The Morgan fingerprint density at radius 1 is 1.50 bits per heavy atom. The molecule has 1 unspecified atom stereocenters. The maximum atomic E-state index is 11.7. The molecule has 1 aromatic rings. The average molecular weight is 238 g/mol. The maximum absolute atomic E-state index is 11.7. The summed E-state index contributed by atoms with van der Waals surface area (Å²) in [4.78, 5) is 14.0. The van der Waals surface area contributed by atoms with Crippen LogP contribution in [0.5, 0.6) is 0 Å². The van der Waals surface area contributed by atoms with Gasteiger partial charge in [0.1, 0.15) is 6.34 Å². The van der Waals surface area contributed by atoms with Crippen LogP contribution in [0.2, 0.25) is 0 Å². The van der Waals surface area contributed by atoms with Crippen molar-refractivity contribution in [3.63, 3.8) is 0 Å². The SMILES string of the molecule is CC(Sc1ccccc1)C(=O)N(C)C=NO. The zero-order valence-electron chi connectivity index (χ0n) is 9.20. The van der Waals surface area contributed by atoms with Crippen molar-refractivity contribution in [2.75, 3.05) is 7.05 Å². The number of carbonyl (C=O) groups is 1. The molecule has 1 atom stereocenters. The Morgan fingerprint density at radius 3 is 2.69 bits per heavy atom. The second-order valence-electron chi connectivity index (χ2n) is 3.25. The van der Waals surface area contributed by atoms with Gasteiger partial charge >= 0.3 is 0 Å².